The van der Waals surface area contributed by atoms with Crippen molar-refractivity contribution in [3.8, 4) is 5.75 Å². The van der Waals surface area contributed by atoms with Gasteiger partial charge in [-0.15, -0.1) is 24.8 Å². The van der Waals surface area contributed by atoms with E-state index in [1.54, 1.807) is 14.2 Å². The van der Waals surface area contributed by atoms with E-state index in [1.165, 1.54) is 18.5 Å². The second kappa shape index (κ2) is 12.4. The van der Waals surface area contributed by atoms with Crippen LogP contribution < -0.4 is 15.0 Å². The lowest BCUT2D eigenvalue weighted by atomic mass is 10.0. The van der Waals surface area contributed by atoms with Gasteiger partial charge in [-0.25, -0.2) is 0 Å². The highest BCUT2D eigenvalue weighted by Gasteiger charge is 2.28. The molecule has 1 atom stereocenters. The first-order valence-corrected chi connectivity index (χ1v) is 9.75. The number of ether oxygens (including phenoxy) is 1. The summed E-state index contributed by atoms with van der Waals surface area (Å²) >= 11 is 0. The molecule has 0 bridgehead atoms. The van der Waals surface area contributed by atoms with Crippen molar-refractivity contribution >= 4 is 36.4 Å². The first kappa shape index (κ1) is 24.8. The molecule has 2 aliphatic heterocycles. The van der Waals surface area contributed by atoms with Crippen LogP contribution in [0.1, 0.15) is 19.3 Å². The normalized spacial score (nSPS) is 20.6. The lowest BCUT2D eigenvalue weighted by molar-refractivity contribution is -0.121. The number of rotatable bonds is 6. The molecule has 1 aromatic rings. The Morgan fingerprint density at radius 3 is 2.39 bits per heavy atom. The van der Waals surface area contributed by atoms with Crippen molar-refractivity contribution < 1.29 is 9.53 Å². The zero-order chi connectivity index (χ0) is 18.4. The van der Waals surface area contributed by atoms with E-state index in [-0.39, 0.29) is 30.7 Å². The third-order valence-electron chi connectivity index (χ3n) is 5.68. The summed E-state index contributed by atoms with van der Waals surface area (Å²) in [6, 6.07) is 9.00. The molecule has 0 aliphatic carbocycles. The highest BCUT2D eigenvalue weighted by Crippen LogP contribution is 2.23. The maximum Gasteiger partial charge on any atom is 0.221 e. The molecule has 6 nitrogen and oxygen atoms in total. The molecule has 1 unspecified atom stereocenters. The van der Waals surface area contributed by atoms with E-state index in [9.17, 15) is 4.79 Å². The van der Waals surface area contributed by atoms with Gasteiger partial charge in [0.15, 0.2) is 0 Å². The number of amides is 1. The van der Waals surface area contributed by atoms with E-state index in [0.29, 0.717) is 12.5 Å². The molecule has 0 radical (unpaired) electrons. The second-order valence-corrected chi connectivity index (χ2v) is 7.24. The van der Waals surface area contributed by atoms with Gasteiger partial charge in [-0.1, -0.05) is 0 Å². The van der Waals surface area contributed by atoms with Gasteiger partial charge in [0.25, 0.3) is 0 Å². The number of hydrogen-bond donors (Lipinski definition) is 1. The molecule has 2 heterocycles. The van der Waals surface area contributed by atoms with Gasteiger partial charge in [0.1, 0.15) is 5.75 Å². The quantitative estimate of drug-likeness (QED) is 0.746. The van der Waals surface area contributed by atoms with Crippen molar-refractivity contribution in [2.24, 2.45) is 0 Å². The minimum Gasteiger partial charge on any atom is -0.497 e. The first-order chi connectivity index (χ1) is 12.7. The molecule has 3 rings (SSSR count). The summed E-state index contributed by atoms with van der Waals surface area (Å²) < 4.78 is 5.25. The van der Waals surface area contributed by atoms with Crippen molar-refractivity contribution in [2.75, 3.05) is 64.9 Å². The molecule has 0 aromatic heterocycles. The van der Waals surface area contributed by atoms with Crippen LogP contribution >= 0.6 is 24.8 Å². The van der Waals surface area contributed by atoms with Crippen LogP contribution in [0.2, 0.25) is 0 Å². The third-order valence-corrected chi connectivity index (χ3v) is 5.68. The summed E-state index contributed by atoms with van der Waals surface area (Å²) in [7, 11) is 3.42. The van der Waals surface area contributed by atoms with Crippen LogP contribution in [0, 0.1) is 0 Å². The number of anilines is 1. The van der Waals surface area contributed by atoms with E-state index < -0.39 is 0 Å². The van der Waals surface area contributed by atoms with E-state index >= 15 is 0 Å². The molecular formula is C20H34Cl2N4O2. The number of methoxy groups -OCH3 is 1. The van der Waals surface area contributed by atoms with E-state index in [4.69, 9.17) is 4.74 Å². The minimum absolute atomic E-state index is 0. The molecule has 160 valence electrons. The first-order valence-electron chi connectivity index (χ1n) is 9.75. The largest absolute Gasteiger partial charge is 0.497 e. The summed E-state index contributed by atoms with van der Waals surface area (Å²) in [5, 5.41) is 2.72. The highest BCUT2D eigenvalue weighted by atomic mass is 35.5. The second-order valence-electron chi connectivity index (χ2n) is 7.24. The van der Waals surface area contributed by atoms with Crippen LogP contribution in [0.15, 0.2) is 24.3 Å². The van der Waals surface area contributed by atoms with Crippen molar-refractivity contribution in [1.82, 2.24) is 15.1 Å². The SMILES string of the molecule is CNC(=O)CCN1CCCC(N2CCN(c3ccc(OC)cc3)CC2)C1.Cl.Cl. The average molecular weight is 433 g/mol. The van der Waals surface area contributed by atoms with E-state index in [1.807, 2.05) is 12.1 Å². The highest BCUT2D eigenvalue weighted by molar-refractivity contribution is 5.85. The van der Waals surface area contributed by atoms with Crippen LogP contribution in [0.25, 0.3) is 0 Å². The number of hydrogen-bond acceptors (Lipinski definition) is 5. The Hall–Kier alpha value is -1.21. The van der Waals surface area contributed by atoms with Crippen LogP contribution in [0.5, 0.6) is 5.75 Å². The lowest BCUT2D eigenvalue weighted by Gasteiger charge is -2.44. The fourth-order valence-corrected chi connectivity index (χ4v) is 4.06. The topological polar surface area (TPSA) is 48.1 Å². The molecule has 1 N–H and O–H groups in total. The fraction of sp³-hybridized carbons (Fsp3) is 0.650. The fourth-order valence-electron chi connectivity index (χ4n) is 4.06. The monoisotopic (exact) mass is 432 g/mol. The van der Waals surface area contributed by atoms with Crippen LogP contribution in [0.4, 0.5) is 5.69 Å². The Morgan fingerprint density at radius 1 is 1.11 bits per heavy atom. The number of likely N-dealkylation sites (tertiary alicyclic amines) is 1. The van der Waals surface area contributed by atoms with Crippen molar-refractivity contribution in [3.05, 3.63) is 24.3 Å². The van der Waals surface area contributed by atoms with Gasteiger partial charge in [-0.2, -0.15) is 0 Å². The maximum atomic E-state index is 11.5. The van der Waals surface area contributed by atoms with Crippen molar-refractivity contribution in [1.29, 1.82) is 0 Å². The molecule has 2 fully saturated rings. The Labute approximate surface area is 181 Å². The molecule has 1 aromatic carbocycles. The predicted octanol–water partition coefficient (Wildman–Crippen LogP) is 2.26. The summed E-state index contributed by atoms with van der Waals surface area (Å²) in [6.45, 7) is 7.46. The summed E-state index contributed by atoms with van der Waals surface area (Å²) in [5.41, 5.74) is 1.28. The summed E-state index contributed by atoms with van der Waals surface area (Å²) in [6.07, 6.45) is 3.12. The van der Waals surface area contributed by atoms with Crippen LogP contribution in [-0.4, -0.2) is 81.7 Å². The molecule has 8 heteroatoms. The summed E-state index contributed by atoms with van der Waals surface area (Å²) in [5.74, 6) is 1.05. The number of piperazine rings is 1. The number of halogens is 2. The molecule has 0 saturated carbocycles. The van der Waals surface area contributed by atoms with Crippen molar-refractivity contribution in [3.63, 3.8) is 0 Å². The van der Waals surface area contributed by atoms with Crippen LogP contribution in [-0.2, 0) is 4.79 Å². The number of piperidine rings is 1. The number of benzene rings is 1. The molecule has 0 spiro atoms. The van der Waals surface area contributed by atoms with Crippen molar-refractivity contribution in [2.45, 2.75) is 25.3 Å². The lowest BCUT2D eigenvalue weighted by Crippen LogP contribution is -2.55. The Balaban J connectivity index is 0.00000196. The Kier molecular flexibility index (Phi) is 11.0. The zero-order valence-corrected chi connectivity index (χ0v) is 18.6. The molecule has 2 saturated heterocycles. The van der Waals surface area contributed by atoms with E-state index in [0.717, 1.165) is 51.6 Å². The van der Waals surface area contributed by atoms with Gasteiger partial charge in [0.2, 0.25) is 5.91 Å². The smallest absolute Gasteiger partial charge is 0.221 e. The number of nitrogens with zero attached hydrogens (tertiary/aromatic N) is 3. The van der Waals surface area contributed by atoms with Gasteiger partial charge in [0, 0.05) is 64.5 Å². The summed E-state index contributed by atoms with van der Waals surface area (Å²) in [4.78, 5) is 19.1. The molecule has 28 heavy (non-hydrogen) atoms. The van der Waals surface area contributed by atoms with Gasteiger partial charge >= 0.3 is 0 Å². The van der Waals surface area contributed by atoms with Gasteiger partial charge in [0.05, 0.1) is 7.11 Å². The predicted molar refractivity (Wildman–Crippen MR) is 119 cm³/mol. The zero-order valence-electron chi connectivity index (χ0n) is 16.9. The number of carbonyl (C=O) groups is 1. The van der Waals surface area contributed by atoms with Crippen LogP contribution in [0.3, 0.4) is 0 Å². The Bertz CT molecular complexity index is 580. The maximum absolute atomic E-state index is 11.5. The number of carbonyl (C=O) groups excluding carboxylic acids is 1. The molecule has 1 amide bonds. The van der Waals surface area contributed by atoms with Gasteiger partial charge in [-0.3, -0.25) is 9.69 Å². The van der Waals surface area contributed by atoms with Gasteiger partial charge < -0.3 is 19.9 Å². The minimum atomic E-state index is 0. The number of nitrogens with one attached hydrogen (secondary N) is 1. The Morgan fingerprint density at radius 2 is 1.79 bits per heavy atom. The van der Waals surface area contributed by atoms with E-state index in [2.05, 4.69) is 32.1 Å². The molecule has 2 aliphatic rings. The average Bonchev–Trinajstić information content (AvgIpc) is 2.72. The standard InChI is InChI=1S/C20H32N4O2.2ClH/c1-21-20(25)9-11-22-10-3-4-18(16-22)24-14-12-23(13-15-24)17-5-7-19(26-2)8-6-17;;/h5-8,18H,3-4,9-16H2,1-2H3,(H,21,25);2*1H. The molecular weight excluding hydrogens is 399 g/mol. The third kappa shape index (κ3) is 6.69. The van der Waals surface area contributed by atoms with Gasteiger partial charge in [-0.05, 0) is 43.7 Å².